The number of hydrogen-bond acceptors (Lipinski definition) is 2. The molecule has 0 aliphatic carbocycles. The Kier molecular flexibility index (Phi) is 8.54. The maximum Gasteiger partial charge on any atom is 0.242 e. The van der Waals surface area contributed by atoms with E-state index < -0.39 is 6.04 Å². The van der Waals surface area contributed by atoms with Crippen molar-refractivity contribution in [2.45, 2.75) is 45.7 Å². The second-order valence-corrected chi connectivity index (χ2v) is 8.71. The second kappa shape index (κ2) is 11.3. The van der Waals surface area contributed by atoms with Gasteiger partial charge in [0.15, 0.2) is 0 Å². The molecule has 0 bridgehead atoms. The van der Waals surface area contributed by atoms with Gasteiger partial charge in [0.25, 0.3) is 0 Å². The van der Waals surface area contributed by atoms with Crippen LogP contribution in [0, 0.1) is 0 Å². The van der Waals surface area contributed by atoms with Crippen LogP contribution in [0.3, 0.4) is 0 Å². The number of amides is 2. The molecule has 168 valence electrons. The minimum Gasteiger partial charge on any atom is -0.354 e. The van der Waals surface area contributed by atoms with Crippen LogP contribution in [0.15, 0.2) is 60.7 Å². The van der Waals surface area contributed by atoms with E-state index in [1.807, 2.05) is 31.2 Å². The van der Waals surface area contributed by atoms with Crippen molar-refractivity contribution in [3.05, 3.63) is 81.8 Å². The van der Waals surface area contributed by atoms with Crippen LogP contribution in [0.2, 0.25) is 10.0 Å². The third-order valence-corrected chi connectivity index (χ3v) is 6.15. The van der Waals surface area contributed by atoms with Gasteiger partial charge in [-0.1, -0.05) is 78.7 Å². The van der Waals surface area contributed by atoms with Gasteiger partial charge in [-0.05, 0) is 53.8 Å². The molecular weight excluding hydrogens is 443 g/mol. The molecule has 0 saturated carbocycles. The van der Waals surface area contributed by atoms with Crippen molar-refractivity contribution in [1.29, 1.82) is 0 Å². The molecule has 3 aromatic rings. The normalized spacial score (nSPS) is 11.9. The van der Waals surface area contributed by atoms with Gasteiger partial charge >= 0.3 is 0 Å². The summed E-state index contributed by atoms with van der Waals surface area (Å²) in [6.45, 7) is 4.56. The van der Waals surface area contributed by atoms with Gasteiger partial charge in [0.2, 0.25) is 11.8 Å². The van der Waals surface area contributed by atoms with E-state index in [1.165, 1.54) is 0 Å². The molecule has 32 heavy (non-hydrogen) atoms. The van der Waals surface area contributed by atoms with E-state index in [4.69, 9.17) is 23.2 Å². The fourth-order valence-electron chi connectivity index (χ4n) is 3.71. The number of halogens is 2. The Morgan fingerprint density at radius 2 is 1.75 bits per heavy atom. The number of benzene rings is 3. The third-order valence-electron chi connectivity index (χ3n) is 5.56. The Bertz CT molecular complexity index is 1090. The van der Waals surface area contributed by atoms with Gasteiger partial charge in [-0.15, -0.1) is 0 Å². The molecule has 3 aromatic carbocycles. The van der Waals surface area contributed by atoms with E-state index in [1.54, 1.807) is 30.0 Å². The number of carbonyl (C=O) groups excluding carboxylic acids is 2. The number of rotatable bonds is 9. The van der Waals surface area contributed by atoms with E-state index >= 15 is 0 Å². The summed E-state index contributed by atoms with van der Waals surface area (Å²) in [5.41, 5.74) is 1.87. The number of nitrogens with zero attached hydrogens (tertiary/aromatic N) is 1. The first-order valence-corrected chi connectivity index (χ1v) is 11.6. The SMILES string of the molecule is CCCNC(=O)[C@@H](C)N(Cc1ccc(Cl)cc1Cl)C(=O)CCc1cccc2ccccc12. The van der Waals surface area contributed by atoms with Crippen molar-refractivity contribution in [3.8, 4) is 0 Å². The fourth-order valence-corrected chi connectivity index (χ4v) is 4.18. The van der Waals surface area contributed by atoms with Crippen molar-refractivity contribution in [1.82, 2.24) is 10.2 Å². The molecule has 0 unspecified atom stereocenters. The van der Waals surface area contributed by atoms with Crippen LogP contribution in [0.5, 0.6) is 0 Å². The molecular formula is C26H28Cl2N2O2. The molecule has 0 saturated heterocycles. The Morgan fingerprint density at radius 1 is 1.00 bits per heavy atom. The third kappa shape index (κ3) is 6.02. The molecule has 1 atom stereocenters. The van der Waals surface area contributed by atoms with Gasteiger partial charge in [0.05, 0.1) is 0 Å². The number of hydrogen-bond donors (Lipinski definition) is 1. The quantitative estimate of drug-likeness (QED) is 0.415. The largest absolute Gasteiger partial charge is 0.354 e. The van der Waals surface area contributed by atoms with Crippen molar-refractivity contribution in [3.63, 3.8) is 0 Å². The topological polar surface area (TPSA) is 49.4 Å². The average molecular weight is 471 g/mol. The minimum absolute atomic E-state index is 0.0944. The van der Waals surface area contributed by atoms with Crippen molar-refractivity contribution < 1.29 is 9.59 Å². The zero-order chi connectivity index (χ0) is 23.1. The molecule has 0 aromatic heterocycles. The van der Waals surface area contributed by atoms with Crippen LogP contribution >= 0.6 is 23.2 Å². The average Bonchev–Trinajstić information content (AvgIpc) is 2.80. The molecule has 0 heterocycles. The summed E-state index contributed by atoms with van der Waals surface area (Å²) in [5.74, 6) is -0.265. The lowest BCUT2D eigenvalue weighted by molar-refractivity contribution is -0.140. The van der Waals surface area contributed by atoms with Crippen LogP contribution in [-0.4, -0.2) is 29.3 Å². The van der Waals surface area contributed by atoms with Gasteiger partial charge in [0, 0.05) is 29.6 Å². The number of carbonyl (C=O) groups is 2. The van der Waals surface area contributed by atoms with Gasteiger partial charge in [-0.25, -0.2) is 0 Å². The second-order valence-electron chi connectivity index (χ2n) is 7.86. The van der Waals surface area contributed by atoms with Gasteiger partial charge in [-0.3, -0.25) is 9.59 Å². The highest BCUT2D eigenvalue weighted by atomic mass is 35.5. The molecule has 0 radical (unpaired) electrons. The summed E-state index contributed by atoms with van der Waals surface area (Å²) in [6, 6.07) is 18.8. The Labute approximate surface area is 199 Å². The first-order valence-electron chi connectivity index (χ1n) is 10.9. The molecule has 1 N–H and O–H groups in total. The minimum atomic E-state index is -0.617. The molecule has 3 rings (SSSR count). The highest BCUT2D eigenvalue weighted by Gasteiger charge is 2.26. The van der Waals surface area contributed by atoms with Crippen LogP contribution in [-0.2, 0) is 22.6 Å². The Balaban J connectivity index is 1.80. The standard InChI is InChI=1S/C26H28Cl2N2O2/c1-3-15-29-26(32)18(2)30(17-21-11-13-22(27)16-24(21)28)25(31)14-12-20-9-6-8-19-7-4-5-10-23(19)20/h4-11,13,16,18H,3,12,14-15,17H2,1-2H3,(H,29,32)/t18-/m1/s1. The van der Waals surface area contributed by atoms with Gasteiger partial charge in [-0.2, -0.15) is 0 Å². The lowest BCUT2D eigenvalue weighted by Gasteiger charge is -2.29. The number of fused-ring (bicyclic) bond motifs is 1. The highest BCUT2D eigenvalue weighted by Crippen LogP contribution is 2.24. The van der Waals surface area contributed by atoms with E-state index in [0.717, 1.165) is 28.3 Å². The fraction of sp³-hybridized carbons (Fsp3) is 0.308. The summed E-state index contributed by atoms with van der Waals surface area (Å²) in [4.78, 5) is 27.6. The maximum absolute atomic E-state index is 13.3. The highest BCUT2D eigenvalue weighted by molar-refractivity contribution is 6.35. The predicted molar refractivity (Wildman–Crippen MR) is 132 cm³/mol. The van der Waals surface area contributed by atoms with Crippen LogP contribution < -0.4 is 5.32 Å². The van der Waals surface area contributed by atoms with Gasteiger partial charge in [0.1, 0.15) is 6.04 Å². The van der Waals surface area contributed by atoms with E-state index in [9.17, 15) is 9.59 Å². The summed E-state index contributed by atoms with van der Waals surface area (Å²) in [7, 11) is 0. The van der Waals surface area contributed by atoms with Gasteiger partial charge < -0.3 is 10.2 Å². The first kappa shape index (κ1) is 24.1. The molecule has 0 spiro atoms. The Hall–Kier alpha value is -2.56. The van der Waals surface area contributed by atoms with E-state index in [2.05, 4.69) is 23.5 Å². The summed E-state index contributed by atoms with van der Waals surface area (Å²) in [6.07, 6.45) is 1.72. The zero-order valence-corrected chi connectivity index (χ0v) is 19.9. The van der Waals surface area contributed by atoms with E-state index in [-0.39, 0.29) is 18.4 Å². The zero-order valence-electron chi connectivity index (χ0n) is 18.4. The van der Waals surface area contributed by atoms with Crippen LogP contribution in [0.4, 0.5) is 0 Å². The summed E-state index contributed by atoms with van der Waals surface area (Å²) >= 11 is 12.4. The lowest BCUT2D eigenvalue weighted by Crippen LogP contribution is -2.47. The summed E-state index contributed by atoms with van der Waals surface area (Å²) < 4.78 is 0. The Morgan fingerprint density at radius 3 is 2.50 bits per heavy atom. The van der Waals surface area contributed by atoms with Crippen LogP contribution in [0.25, 0.3) is 10.8 Å². The van der Waals surface area contributed by atoms with Crippen LogP contribution in [0.1, 0.15) is 37.8 Å². The van der Waals surface area contributed by atoms with E-state index in [0.29, 0.717) is 29.4 Å². The predicted octanol–water partition coefficient (Wildman–Crippen LogP) is 6.02. The smallest absolute Gasteiger partial charge is 0.242 e. The molecule has 4 nitrogen and oxygen atoms in total. The first-order chi connectivity index (χ1) is 15.4. The monoisotopic (exact) mass is 470 g/mol. The molecule has 2 amide bonds. The number of nitrogens with one attached hydrogen (secondary N) is 1. The van der Waals surface area contributed by atoms with Crippen molar-refractivity contribution in [2.24, 2.45) is 0 Å². The molecule has 6 heteroatoms. The molecule has 0 aliphatic heterocycles. The molecule has 0 aliphatic rings. The number of aryl methyl sites for hydroxylation is 1. The van der Waals surface area contributed by atoms with Crippen molar-refractivity contribution >= 4 is 45.8 Å². The summed E-state index contributed by atoms with van der Waals surface area (Å²) in [5, 5.41) is 6.18. The van der Waals surface area contributed by atoms with Crippen molar-refractivity contribution in [2.75, 3.05) is 6.54 Å². The lowest BCUT2D eigenvalue weighted by atomic mass is 10.0. The maximum atomic E-state index is 13.3. The molecule has 0 fully saturated rings.